The Morgan fingerprint density at radius 1 is 1.04 bits per heavy atom. The van der Waals surface area contributed by atoms with Gasteiger partial charge in [-0.1, -0.05) is 55.2 Å². The lowest BCUT2D eigenvalue weighted by Gasteiger charge is -2.29. The molecule has 5 nitrogen and oxygen atoms in total. The summed E-state index contributed by atoms with van der Waals surface area (Å²) in [4.78, 5) is 12.8. The summed E-state index contributed by atoms with van der Waals surface area (Å²) in [6.07, 6.45) is 1.04. The average molecular weight is 429 g/mol. The predicted octanol–water partition coefficient (Wildman–Crippen LogP) is 4.91. The molecule has 0 aliphatic carbocycles. The van der Waals surface area contributed by atoms with E-state index in [-0.39, 0.29) is 21.7 Å². The van der Waals surface area contributed by atoms with Crippen molar-refractivity contribution in [2.75, 3.05) is 15.9 Å². The van der Waals surface area contributed by atoms with E-state index < -0.39 is 22.0 Å². The van der Waals surface area contributed by atoms with Gasteiger partial charge >= 0.3 is 0 Å². The van der Waals surface area contributed by atoms with Crippen molar-refractivity contribution in [1.82, 2.24) is 0 Å². The topological polar surface area (TPSA) is 66.5 Å². The molecule has 1 amide bonds. The second-order valence-electron chi connectivity index (χ2n) is 6.59. The number of anilines is 2. The summed E-state index contributed by atoms with van der Waals surface area (Å²) >= 11 is 12.0. The molecule has 8 heteroatoms. The molecule has 2 aromatic rings. The lowest BCUT2D eigenvalue weighted by atomic mass is 10.0. The third-order valence-electron chi connectivity index (χ3n) is 4.03. The summed E-state index contributed by atoms with van der Waals surface area (Å²) in [5.41, 5.74) is 1.85. The Bertz CT molecular complexity index is 925. The van der Waals surface area contributed by atoms with E-state index in [1.807, 2.05) is 32.0 Å². The first-order valence-corrected chi connectivity index (χ1v) is 11.0. The second-order valence-corrected chi connectivity index (χ2v) is 9.33. The van der Waals surface area contributed by atoms with Gasteiger partial charge < -0.3 is 5.32 Å². The molecule has 0 fully saturated rings. The van der Waals surface area contributed by atoms with E-state index >= 15 is 0 Å². The van der Waals surface area contributed by atoms with Crippen LogP contribution in [0, 0.1) is 0 Å². The van der Waals surface area contributed by atoms with Crippen molar-refractivity contribution in [2.45, 2.75) is 32.7 Å². The highest BCUT2D eigenvalue weighted by Crippen LogP contribution is 2.29. The van der Waals surface area contributed by atoms with E-state index in [1.54, 1.807) is 6.07 Å². The number of sulfonamides is 1. The minimum atomic E-state index is -3.76. The number of rotatable bonds is 6. The summed E-state index contributed by atoms with van der Waals surface area (Å²) in [6, 6.07) is 10.8. The van der Waals surface area contributed by atoms with E-state index in [4.69, 9.17) is 23.2 Å². The van der Waals surface area contributed by atoms with Crippen molar-refractivity contribution in [1.29, 1.82) is 0 Å². The van der Waals surface area contributed by atoms with Crippen LogP contribution in [0.25, 0.3) is 0 Å². The Balaban J connectivity index is 2.39. The number of hydrogen-bond donors (Lipinski definition) is 1. The quantitative estimate of drug-likeness (QED) is 0.710. The summed E-state index contributed by atoms with van der Waals surface area (Å²) in [7, 11) is -3.76. The molecule has 27 heavy (non-hydrogen) atoms. The number of carbonyl (C=O) groups excluding carboxylic acids is 1. The van der Waals surface area contributed by atoms with Gasteiger partial charge in [0.2, 0.25) is 15.9 Å². The number of para-hydroxylation sites is 1. The van der Waals surface area contributed by atoms with Gasteiger partial charge in [-0.25, -0.2) is 8.42 Å². The molecule has 0 aliphatic rings. The fourth-order valence-electron chi connectivity index (χ4n) is 2.83. The van der Waals surface area contributed by atoms with Crippen LogP contribution in [0.5, 0.6) is 0 Å². The van der Waals surface area contributed by atoms with Crippen molar-refractivity contribution in [2.24, 2.45) is 0 Å². The van der Waals surface area contributed by atoms with Crippen LogP contribution in [0.1, 0.15) is 32.3 Å². The first kappa shape index (κ1) is 21.5. The third-order valence-corrected chi connectivity index (χ3v) is 5.71. The van der Waals surface area contributed by atoms with Gasteiger partial charge in [-0.3, -0.25) is 9.10 Å². The van der Waals surface area contributed by atoms with E-state index in [9.17, 15) is 13.2 Å². The highest BCUT2D eigenvalue weighted by atomic mass is 35.5. The molecule has 0 spiro atoms. The fourth-order valence-corrected chi connectivity index (χ4v) is 4.50. The Kier molecular flexibility index (Phi) is 6.78. The third kappa shape index (κ3) is 5.37. The molecule has 0 saturated carbocycles. The maximum Gasteiger partial charge on any atom is 0.248 e. The Labute approximate surface area is 170 Å². The lowest BCUT2D eigenvalue weighted by molar-refractivity contribution is -0.116. The number of amides is 1. The van der Waals surface area contributed by atoms with Gasteiger partial charge in [0.25, 0.3) is 0 Å². The fraction of sp³-hybridized carbons (Fsp3) is 0.316. The molecule has 2 rings (SSSR count). The van der Waals surface area contributed by atoms with Crippen molar-refractivity contribution in [3.63, 3.8) is 0 Å². The molecular formula is C19H22Cl2N2O3S. The summed E-state index contributed by atoms with van der Waals surface area (Å²) < 4.78 is 25.8. The molecule has 1 atom stereocenters. The standard InChI is InChI=1S/C19H22Cl2N2O3S/c1-12(2)17-7-5-6-8-18(17)22-19(24)13(3)23(27(4,25)26)16-10-14(20)9-15(21)11-16/h5-13H,1-4H3,(H,22,24). The summed E-state index contributed by atoms with van der Waals surface area (Å²) in [5.74, 6) is -0.251. The molecule has 0 heterocycles. The SMILES string of the molecule is CC(C)c1ccccc1NC(=O)C(C)N(c1cc(Cl)cc(Cl)c1)S(C)(=O)=O. The summed E-state index contributed by atoms with van der Waals surface area (Å²) in [6.45, 7) is 5.56. The smallest absolute Gasteiger partial charge is 0.248 e. The van der Waals surface area contributed by atoms with Crippen LogP contribution < -0.4 is 9.62 Å². The molecule has 146 valence electrons. The van der Waals surface area contributed by atoms with Gasteiger partial charge in [-0.05, 0) is 42.7 Å². The van der Waals surface area contributed by atoms with Gasteiger partial charge in [0, 0.05) is 15.7 Å². The van der Waals surface area contributed by atoms with Crippen molar-refractivity contribution < 1.29 is 13.2 Å². The maximum absolute atomic E-state index is 12.8. The van der Waals surface area contributed by atoms with E-state index in [0.29, 0.717) is 5.69 Å². The van der Waals surface area contributed by atoms with Gasteiger partial charge in [0.05, 0.1) is 11.9 Å². The van der Waals surface area contributed by atoms with Crippen molar-refractivity contribution >= 4 is 50.5 Å². The van der Waals surface area contributed by atoms with E-state index in [2.05, 4.69) is 5.32 Å². The molecule has 0 saturated heterocycles. The van der Waals surface area contributed by atoms with Gasteiger partial charge in [-0.2, -0.15) is 0 Å². The van der Waals surface area contributed by atoms with Crippen LogP contribution in [0.4, 0.5) is 11.4 Å². The van der Waals surface area contributed by atoms with Crippen molar-refractivity contribution in [3.05, 3.63) is 58.1 Å². The molecule has 0 aromatic heterocycles. The van der Waals surface area contributed by atoms with E-state index in [1.165, 1.54) is 25.1 Å². The first-order chi connectivity index (χ1) is 12.5. The second kappa shape index (κ2) is 8.50. The van der Waals surface area contributed by atoms with E-state index in [0.717, 1.165) is 16.1 Å². The number of halogens is 2. The minimum absolute atomic E-state index is 0.203. The number of carbonyl (C=O) groups is 1. The first-order valence-electron chi connectivity index (χ1n) is 8.36. The highest BCUT2D eigenvalue weighted by Gasteiger charge is 2.30. The lowest BCUT2D eigenvalue weighted by Crippen LogP contribution is -2.45. The molecule has 0 radical (unpaired) electrons. The Hall–Kier alpha value is -1.76. The average Bonchev–Trinajstić information content (AvgIpc) is 2.52. The number of nitrogens with one attached hydrogen (secondary N) is 1. The van der Waals surface area contributed by atoms with Gasteiger partial charge in [0.15, 0.2) is 0 Å². The Morgan fingerprint density at radius 3 is 2.11 bits per heavy atom. The van der Waals surface area contributed by atoms with Crippen molar-refractivity contribution in [3.8, 4) is 0 Å². The minimum Gasteiger partial charge on any atom is -0.324 e. The number of benzene rings is 2. The maximum atomic E-state index is 12.8. The number of nitrogens with zero attached hydrogens (tertiary/aromatic N) is 1. The van der Waals surface area contributed by atoms with Crippen LogP contribution in [0.15, 0.2) is 42.5 Å². The van der Waals surface area contributed by atoms with Gasteiger partial charge in [0.1, 0.15) is 6.04 Å². The van der Waals surface area contributed by atoms with Gasteiger partial charge in [-0.15, -0.1) is 0 Å². The van der Waals surface area contributed by atoms with Crippen LogP contribution in [0.2, 0.25) is 10.0 Å². The molecule has 1 N–H and O–H groups in total. The number of hydrogen-bond acceptors (Lipinski definition) is 3. The molecular weight excluding hydrogens is 407 g/mol. The van der Waals surface area contributed by atoms with Crippen LogP contribution in [-0.4, -0.2) is 26.6 Å². The molecule has 2 aromatic carbocycles. The zero-order chi connectivity index (χ0) is 20.4. The monoisotopic (exact) mass is 428 g/mol. The zero-order valence-corrected chi connectivity index (χ0v) is 17.9. The van der Waals surface area contributed by atoms with Crippen LogP contribution >= 0.6 is 23.2 Å². The largest absolute Gasteiger partial charge is 0.324 e. The Morgan fingerprint density at radius 2 is 1.59 bits per heavy atom. The zero-order valence-electron chi connectivity index (χ0n) is 15.5. The summed E-state index contributed by atoms with van der Waals surface area (Å²) in [5, 5.41) is 3.39. The van der Waals surface area contributed by atoms with Crippen LogP contribution in [-0.2, 0) is 14.8 Å². The molecule has 0 aliphatic heterocycles. The normalized spacial score (nSPS) is 12.7. The predicted molar refractivity (Wildman–Crippen MR) is 112 cm³/mol. The molecule has 0 bridgehead atoms. The highest BCUT2D eigenvalue weighted by molar-refractivity contribution is 7.92. The van der Waals surface area contributed by atoms with Crippen LogP contribution in [0.3, 0.4) is 0 Å². The molecule has 1 unspecified atom stereocenters.